The van der Waals surface area contributed by atoms with Gasteiger partial charge in [0.15, 0.2) is 12.1 Å². The summed E-state index contributed by atoms with van der Waals surface area (Å²) in [5.41, 5.74) is 0. The van der Waals surface area contributed by atoms with Gasteiger partial charge in [0.05, 0.1) is 13.2 Å². The fourth-order valence-electron chi connectivity index (χ4n) is 1.91. The smallest absolute Gasteiger partial charge is 0.438 e. The molecule has 2 saturated heterocycles. The maximum Gasteiger partial charge on any atom is 0.508 e. The van der Waals surface area contributed by atoms with Gasteiger partial charge in [-0.15, -0.1) is 0 Å². The molecule has 0 radical (unpaired) electrons. The van der Waals surface area contributed by atoms with Gasteiger partial charge in [0.25, 0.3) is 0 Å². The van der Waals surface area contributed by atoms with Crippen LogP contribution in [-0.2, 0) is 23.7 Å². The predicted molar refractivity (Wildman–Crippen MR) is 51.7 cm³/mol. The molecule has 2 fully saturated rings. The Labute approximate surface area is 93.7 Å². The van der Waals surface area contributed by atoms with E-state index in [1.807, 2.05) is 13.8 Å². The van der Waals surface area contributed by atoms with Crippen molar-refractivity contribution in [1.29, 1.82) is 0 Å². The van der Waals surface area contributed by atoms with Gasteiger partial charge in [0, 0.05) is 6.42 Å². The molecule has 0 amide bonds. The molecule has 6 nitrogen and oxygen atoms in total. The number of methoxy groups -OCH3 is 1. The second-order valence-electron chi connectivity index (χ2n) is 4.30. The fraction of sp³-hybridized carbons (Fsp3) is 0.900. The first-order valence-corrected chi connectivity index (χ1v) is 5.22. The number of hydrogen-bond acceptors (Lipinski definition) is 6. The van der Waals surface area contributed by atoms with E-state index in [4.69, 9.17) is 18.9 Å². The number of fused-ring (bicyclic) bond motifs is 1. The molecule has 2 rings (SSSR count). The van der Waals surface area contributed by atoms with Gasteiger partial charge in [-0.1, -0.05) is 0 Å². The molecule has 2 heterocycles. The van der Waals surface area contributed by atoms with E-state index in [1.54, 1.807) is 0 Å². The van der Waals surface area contributed by atoms with Crippen LogP contribution in [0, 0.1) is 0 Å². The van der Waals surface area contributed by atoms with Crippen molar-refractivity contribution in [3.8, 4) is 0 Å². The summed E-state index contributed by atoms with van der Waals surface area (Å²) in [6, 6.07) is 0. The second kappa shape index (κ2) is 4.20. The van der Waals surface area contributed by atoms with Crippen molar-refractivity contribution < 1.29 is 28.5 Å². The van der Waals surface area contributed by atoms with Crippen LogP contribution in [-0.4, -0.2) is 44.2 Å². The van der Waals surface area contributed by atoms with Crippen LogP contribution >= 0.6 is 0 Å². The second-order valence-corrected chi connectivity index (χ2v) is 4.30. The third kappa shape index (κ3) is 2.45. The van der Waals surface area contributed by atoms with Crippen LogP contribution in [0.15, 0.2) is 0 Å². The van der Waals surface area contributed by atoms with Crippen LogP contribution < -0.4 is 0 Å². The van der Waals surface area contributed by atoms with Gasteiger partial charge < -0.3 is 23.7 Å². The summed E-state index contributed by atoms with van der Waals surface area (Å²) in [7, 11) is 1.27. The molecule has 0 N–H and O–H groups in total. The first-order chi connectivity index (χ1) is 7.50. The van der Waals surface area contributed by atoms with E-state index in [-0.39, 0.29) is 25.1 Å². The van der Waals surface area contributed by atoms with Crippen molar-refractivity contribution in [2.45, 2.75) is 44.6 Å². The summed E-state index contributed by atoms with van der Waals surface area (Å²) in [6.07, 6.45) is -0.680. The molecule has 0 aromatic rings. The summed E-state index contributed by atoms with van der Waals surface area (Å²) in [5, 5.41) is 0. The van der Waals surface area contributed by atoms with Gasteiger partial charge in [-0.25, -0.2) is 4.79 Å². The molecule has 0 aliphatic carbocycles. The van der Waals surface area contributed by atoms with E-state index in [2.05, 4.69) is 4.74 Å². The minimum atomic E-state index is -0.706. The maximum atomic E-state index is 10.8. The Morgan fingerprint density at radius 2 is 2.19 bits per heavy atom. The number of ether oxygens (including phenoxy) is 5. The molecule has 0 aromatic carbocycles. The molecule has 3 atom stereocenters. The summed E-state index contributed by atoms with van der Waals surface area (Å²) in [4.78, 5) is 10.8. The lowest BCUT2D eigenvalue weighted by molar-refractivity contribution is -0.208. The molecule has 6 heteroatoms. The Hall–Kier alpha value is -0.850. The van der Waals surface area contributed by atoms with Gasteiger partial charge >= 0.3 is 6.16 Å². The molecule has 2 aliphatic heterocycles. The highest BCUT2D eigenvalue weighted by molar-refractivity contribution is 5.59. The standard InChI is InChI=1S/C10H16O6/c1-10(2)15-7-4-6(14-8(7)16-10)5-13-9(11)12-3/h6-8H,4-5H2,1-3H3/t6-,7+,8+/m0/s1. The van der Waals surface area contributed by atoms with Gasteiger partial charge in [-0.05, 0) is 13.8 Å². The summed E-state index contributed by atoms with van der Waals surface area (Å²) in [6.45, 7) is 3.84. The molecule has 2 aliphatic rings. The summed E-state index contributed by atoms with van der Waals surface area (Å²) in [5.74, 6) is -0.594. The lowest BCUT2D eigenvalue weighted by Crippen LogP contribution is -2.26. The lowest BCUT2D eigenvalue weighted by atomic mass is 10.2. The predicted octanol–water partition coefficient (Wildman–Crippen LogP) is 1.04. The Bertz CT molecular complexity index is 260. The number of carbonyl (C=O) groups is 1. The lowest BCUT2D eigenvalue weighted by Gasteiger charge is -2.20. The summed E-state index contributed by atoms with van der Waals surface area (Å²) < 4.78 is 25.8. The van der Waals surface area contributed by atoms with Crippen molar-refractivity contribution in [2.24, 2.45) is 0 Å². The van der Waals surface area contributed by atoms with Gasteiger partial charge in [0.1, 0.15) is 12.7 Å². The fourth-order valence-corrected chi connectivity index (χ4v) is 1.91. The minimum absolute atomic E-state index is 0.0822. The Morgan fingerprint density at radius 1 is 1.44 bits per heavy atom. The number of rotatable bonds is 2. The van der Waals surface area contributed by atoms with Crippen molar-refractivity contribution in [2.75, 3.05) is 13.7 Å². The van der Waals surface area contributed by atoms with Crippen molar-refractivity contribution in [3.05, 3.63) is 0 Å². The van der Waals surface area contributed by atoms with E-state index in [1.165, 1.54) is 7.11 Å². The van der Waals surface area contributed by atoms with E-state index in [0.29, 0.717) is 6.42 Å². The van der Waals surface area contributed by atoms with Gasteiger partial charge in [0.2, 0.25) is 0 Å². The number of carbonyl (C=O) groups excluding carboxylic acids is 1. The van der Waals surface area contributed by atoms with Crippen LogP contribution in [0.25, 0.3) is 0 Å². The molecule has 0 saturated carbocycles. The molecule has 0 bridgehead atoms. The Morgan fingerprint density at radius 3 is 2.81 bits per heavy atom. The highest BCUT2D eigenvalue weighted by Gasteiger charge is 2.48. The monoisotopic (exact) mass is 232 g/mol. The minimum Gasteiger partial charge on any atom is -0.438 e. The van der Waals surface area contributed by atoms with Gasteiger partial charge in [-0.2, -0.15) is 0 Å². The SMILES string of the molecule is COC(=O)OC[C@@H]1C[C@H]2OC(C)(C)O[C@H]2O1. The molecular formula is C10H16O6. The highest BCUT2D eigenvalue weighted by atomic mass is 16.8. The Balaban J connectivity index is 1.77. The average molecular weight is 232 g/mol. The molecule has 92 valence electrons. The molecule has 16 heavy (non-hydrogen) atoms. The molecule has 0 unspecified atom stereocenters. The average Bonchev–Trinajstić information content (AvgIpc) is 2.67. The topological polar surface area (TPSA) is 63.2 Å². The van der Waals surface area contributed by atoms with E-state index >= 15 is 0 Å². The zero-order chi connectivity index (χ0) is 11.8. The van der Waals surface area contributed by atoms with Crippen molar-refractivity contribution >= 4 is 6.16 Å². The highest BCUT2D eigenvalue weighted by Crippen LogP contribution is 2.36. The first kappa shape index (κ1) is 11.6. The summed E-state index contributed by atoms with van der Waals surface area (Å²) >= 11 is 0. The largest absolute Gasteiger partial charge is 0.508 e. The maximum absolute atomic E-state index is 10.8. The van der Waals surface area contributed by atoms with Crippen LogP contribution in [0.5, 0.6) is 0 Å². The van der Waals surface area contributed by atoms with Crippen LogP contribution in [0.4, 0.5) is 4.79 Å². The van der Waals surface area contributed by atoms with Gasteiger partial charge in [-0.3, -0.25) is 0 Å². The quantitative estimate of drug-likeness (QED) is 0.663. The van der Waals surface area contributed by atoms with Crippen LogP contribution in [0.2, 0.25) is 0 Å². The van der Waals surface area contributed by atoms with Crippen molar-refractivity contribution in [3.63, 3.8) is 0 Å². The normalized spacial score (nSPS) is 35.8. The molecule has 0 spiro atoms. The zero-order valence-corrected chi connectivity index (χ0v) is 9.60. The van der Waals surface area contributed by atoms with E-state index in [0.717, 1.165) is 0 Å². The zero-order valence-electron chi connectivity index (χ0n) is 9.60. The third-order valence-electron chi connectivity index (χ3n) is 2.51. The number of hydrogen-bond donors (Lipinski definition) is 0. The third-order valence-corrected chi connectivity index (χ3v) is 2.51. The van der Waals surface area contributed by atoms with Crippen LogP contribution in [0.3, 0.4) is 0 Å². The van der Waals surface area contributed by atoms with Crippen LogP contribution in [0.1, 0.15) is 20.3 Å². The van der Waals surface area contributed by atoms with E-state index < -0.39 is 11.9 Å². The molecular weight excluding hydrogens is 216 g/mol. The molecule has 0 aromatic heterocycles. The van der Waals surface area contributed by atoms with E-state index in [9.17, 15) is 4.79 Å². The Kier molecular flexibility index (Phi) is 3.05. The first-order valence-electron chi connectivity index (χ1n) is 5.22. The van der Waals surface area contributed by atoms with Crippen molar-refractivity contribution in [1.82, 2.24) is 0 Å².